The van der Waals surface area contributed by atoms with Crippen LogP contribution >= 0.6 is 0 Å². The normalized spacial score (nSPS) is 39.2. The fourth-order valence-electron chi connectivity index (χ4n) is 3.52. The lowest BCUT2D eigenvalue weighted by atomic mass is 9.83. The van der Waals surface area contributed by atoms with Crippen LogP contribution in [0.2, 0.25) is 0 Å². The monoisotopic (exact) mass is 210 g/mol. The summed E-state index contributed by atoms with van der Waals surface area (Å²) in [5, 5.41) is 10.6. The Labute approximate surface area is 94.3 Å². The van der Waals surface area contributed by atoms with Gasteiger partial charge in [0.05, 0.1) is 5.60 Å². The summed E-state index contributed by atoms with van der Waals surface area (Å²) in [5.74, 6) is 1.67. The summed E-state index contributed by atoms with van der Waals surface area (Å²) < 4.78 is 0. The van der Waals surface area contributed by atoms with Crippen LogP contribution in [0.4, 0.5) is 0 Å². The number of rotatable bonds is 2. The summed E-state index contributed by atoms with van der Waals surface area (Å²) in [6, 6.07) is 0. The van der Waals surface area contributed by atoms with Gasteiger partial charge in [0.1, 0.15) is 0 Å². The molecule has 0 amide bonds. The first-order valence-electron chi connectivity index (χ1n) is 6.90. The molecule has 15 heavy (non-hydrogen) atoms. The highest BCUT2D eigenvalue weighted by atomic mass is 16.3. The van der Waals surface area contributed by atoms with Crippen molar-refractivity contribution in [1.29, 1.82) is 0 Å². The zero-order chi connectivity index (χ0) is 10.7. The summed E-state index contributed by atoms with van der Waals surface area (Å²) in [6.45, 7) is 2.33. The predicted octanol–water partition coefficient (Wildman–Crippen LogP) is 3.90. The summed E-state index contributed by atoms with van der Waals surface area (Å²) in [5.41, 5.74) is -0.292. The molecule has 2 atom stereocenters. The van der Waals surface area contributed by atoms with Crippen LogP contribution in [0.15, 0.2) is 0 Å². The minimum absolute atomic E-state index is 0.292. The van der Waals surface area contributed by atoms with Gasteiger partial charge in [0, 0.05) is 0 Å². The molecule has 2 aliphatic rings. The Kier molecular flexibility index (Phi) is 3.71. The predicted molar refractivity (Wildman–Crippen MR) is 63.8 cm³/mol. The van der Waals surface area contributed by atoms with E-state index in [1.165, 1.54) is 44.9 Å². The maximum Gasteiger partial charge on any atom is 0.0650 e. The van der Waals surface area contributed by atoms with Gasteiger partial charge in [-0.15, -0.1) is 0 Å². The molecule has 2 unspecified atom stereocenters. The molecule has 0 bridgehead atoms. The topological polar surface area (TPSA) is 20.2 Å². The molecule has 2 rings (SSSR count). The molecule has 0 radical (unpaired) electrons. The van der Waals surface area contributed by atoms with Crippen molar-refractivity contribution < 1.29 is 5.11 Å². The van der Waals surface area contributed by atoms with E-state index in [-0.39, 0.29) is 5.60 Å². The smallest absolute Gasteiger partial charge is 0.0650 e. The van der Waals surface area contributed by atoms with Crippen LogP contribution in [0.5, 0.6) is 0 Å². The molecule has 1 heteroatoms. The first-order chi connectivity index (χ1) is 7.18. The third-order valence-corrected chi connectivity index (χ3v) is 4.58. The van der Waals surface area contributed by atoms with Crippen molar-refractivity contribution in [1.82, 2.24) is 0 Å². The van der Waals surface area contributed by atoms with Crippen LogP contribution in [-0.2, 0) is 0 Å². The highest BCUT2D eigenvalue weighted by molar-refractivity contribution is 4.86. The van der Waals surface area contributed by atoms with Crippen molar-refractivity contribution in [2.75, 3.05) is 0 Å². The SMILES string of the molecule is CC1CCCC(O)(CC2CCCC2)CC1. The van der Waals surface area contributed by atoms with E-state index in [0.29, 0.717) is 0 Å². The molecule has 1 N–H and O–H groups in total. The van der Waals surface area contributed by atoms with Gasteiger partial charge in [-0.3, -0.25) is 0 Å². The molecule has 0 spiro atoms. The van der Waals surface area contributed by atoms with Crippen LogP contribution in [0.25, 0.3) is 0 Å². The van der Waals surface area contributed by atoms with Crippen molar-refractivity contribution in [2.24, 2.45) is 11.8 Å². The second-order valence-electron chi connectivity index (χ2n) is 6.12. The quantitative estimate of drug-likeness (QED) is 0.685. The number of hydrogen-bond acceptors (Lipinski definition) is 1. The fourth-order valence-corrected chi connectivity index (χ4v) is 3.52. The van der Waals surface area contributed by atoms with Crippen LogP contribution in [0.3, 0.4) is 0 Å². The molecule has 0 aliphatic heterocycles. The fraction of sp³-hybridized carbons (Fsp3) is 1.00. The summed E-state index contributed by atoms with van der Waals surface area (Å²) in [7, 11) is 0. The Morgan fingerprint density at radius 2 is 1.73 bits per heavy atom. The van der Waals surface area contributed by atoms with Crippen molar-refractivity contribution in [3.8, 4) is 0 Å². The van der Waals surface area contributed by atoms with Crippen LogP contribution in [0.1, 0.15) is 71.1 Å². The minimum atomic E-state index is -0.292. The van der Waals surface area contributed by atoms with Crippen LogP contribution < -0.4 is 0 Å². The first kappa shape index (κ1) is 11.4. The first-order valence-corrected chi connectivity index (χ1v) is 6.90. The van der Waals surface area contributed by atoms with E-state index in [9.17, 15) is 5.11 Å². The van der Waals surface area contributed by atoms with Crippen molar-refractivity contribution in [3.63, 3.8) is 0 Å². The highest BCUT2D eigenvalue weighted by Gasteiger charge is 2.33. The third kappa shape index (κ3) is 3.21. The van der Waals surface area contributed by atoms with Gasteiger partial charge >= 0.3 is 0 Å². The molecule has 88 valence electrons. The van der Waals surface area contributed by atoms with E-state index < -0.39 is 0 Å². The number of hydrogen-bond donors (Lipinski definition) is 1. The van der Waals surface area contributed by atoms with Crippen molar-refractivity contribution >= 4 is 0 Å². The molecule has 0 aromatic heterocycles. The van der Waals surface area contributed by atoms with E-state index >= 15 is 0 Å². The number of aliphatic hydroxyl groups is 1. The van der Waals surface area contributed by atoms with E-state index in [1.807, 2.05) is 0 Å². The summed E-state index contributed by atoms with van der Waals surface area (Å²) >= 11 is 0. The Balaban J connectivity index is 1.86. The molecule has 1 nitrogen and oxygen atoms in total. The van der Waals surface area contributed by atoms with Gasteiger partial charge in [-0.05, 0) is 37.5 Å². The minimum Gasteiger partial charge on any atom is -0.390 e. The summed E-state index contributed by atoms with van der Waals surface area (Å²) in [6.07, 6.45) is 12.6. The Morgan fingerprint density at radius 3 is 2.47 bits per heavy atom. The van der Waals surface area contributed by atoms with E-state index in [4.69, 9.17) is 0 Å². The van der Waals surface area contributed by atoms with Gasteiger partial charge in [-0.25, -0.2) is 0 Å². The van der Waals surface area contributed by atoms with Gasteiger partial charge in [0.25, 0.3) is 0 Å². The van der Waals surface area contributed by atoms with Gasteiger partial charge in [0.2, 0.25) is 0 Å². The lowest BCUT2D eigenvalue weighted by Crippen LogP contribution is -2.30. The Bertz CT molecular complexity index is 196. The maximum atomic E-state index is 10.6. The highest BCUT2D eigenvalue weighted by Crippen LogP contribution is 2.39. The maximum absolute atomic E-state index is 10.6. The summed E-state index contributed by atoms with van der Waals surface area (Å²) in [4.78, 5) is 0. The van der Waals surface area contributed by atoms with E-state index in [2.05, 4.69) is 6.92 Å². The van der Waals surface area contributed by atoms with Gasteiger partial charge in [-0.1, -0.05) is 45.4 Å². The average molecular weight is 210 g/mol. The standard InChI is InChI=1S/C14H26O/c1-12-5-4-9-14(15,10-8-12)11-13-6-2-3-7-13/h12-13,15H,2-11H2,1H3. The zero-order valence-corrected chi connectivity index (χ0v) is 10.2. The Morgan fingerprint density at radius 1 is 1.00 bits per heavy atom. The van der Waals surface area contributed by atoms with E-state index in [1.54, 1.807) is 0 Å². The molecular formula is C14H26O. The van der Waals surface area contributed by atoms with Gasteiger partial charge in [-0.2, -0.15) is 0 Å². The van der Waals surface area contributed by atoms with E-state index in [0.717, 1.165) is 31.1 Å². The largest absolute Gasteiger partial charge is 0.390 e. The van der Waals surface area contributed by atoms with Gasteiger partial charge < -0.3 is 5.11 Å². The molecule has 0 aromatic carbocycles. The molecule has 2 aliphatic carbocycles. The van der Waals surface area contributed by atoms with Crippen LogP contribution in [0, 0.1) is 11.8 Å². The van der Waals surface area contributed by atoms with Crippen LogP contribution in [-0.4, -0.2) is 10.7 Å². The Hall–Kier alpha value is -0.0400. The molecule has 2 fully saturated rings. The molecule has 0 aromatic rings. The molecule has 0 saturated heterocycles. The molecule has 2 saturated carbocycles. The third-order valence-electron chi connectivity index (χ3n) is 4.58. The van der Waals surface area contributed by atoms with Gasteiger partial charge in [0.15, 0.2) is 0 Å². The lowest BCUT2D eigenvalue weighted by Gasteiger charge is -2.29. The lowest BCUT2D eigenvalue weighted by molar-refractivity contribution is 0.00110. The second-order valence-corrected chi connectivity index (χ2v) is 6.12. The zero-order valence-electron chi connectivity index (χ0n) is 10.2. The van der Waals surface area contributed by atoms with Crippen molar-refractivity contribution in [3.05, 3.63) is 0 Å². The molecular weight excluding hydrogens is 184 g/mol. The molecule has 0 heterocycles. The average Bonchev–Trinajstić information content (AvgIpc) is 2.61. The van der Waals surface area contributed by atoms with Crippen molar-refractivity contribution in [2.45, 2.75) is 76.7 Å². The second kappa shape index (κ2) is 4.86.